The first-order valence-electron chi connectivity index (χ1n) is 5.36. The van der Waals surface area contributed by atoms with Crippen molar-refractivity contribution < 1.29 is 14.3 Å². The zero-order valence-electron chi connectivity index (χ0n) is 10.7. The Morgan fingerprint density at radius 3 is 2.56 bits per heavy atom. The number of carbonyl (C=O) groups is 1. The minimum absolute atomic E-state index is 0.584. The van der Waals surface area contributed by atoms with Crippen LogP contribution in [-0.2, 0) is 6.42 Å². The summed E-state index contributed by atoms with van der Waals surface area (Å²) in [7, 11) is 3.16. The van der Waals surface area contributed by atoms with Crippen LogP contribution in [0.15, 0.2) is 23.3 Å². The van der Waals surface area contributed by atoms with E-state index in [1.54, 1.807) is 21.1 Å². The van der Waals surface area contributed by atoms with Crippen LogP contribution in [0.5, 0.6) is 11.5 Å². The number of hydrogen-bond acceptors (Lipinski definition) is 4. The third kappa shape index (κ3) is 3.97. The maximum Gasteiger partial charge on any atom is 0.332 e. The molecule has 6 nitrogen and oxygen atoms in total. The summed E-state index contributed by atoms with van der Waals surface area (Å²) in [5.74, 6) is 1.33. The zero-order valence-corrected chi connectivity index (χ0v) is 10.7. The minimum Gasteiger partial charge on any atom is -0.493 e. The van der Waals surface area contributed by atoms with Crippen LogP contribution < -0.4 is 20.6 Å². The Hall–Kier alpha value is -2.24. The number of ether oxygens (including phenoxy) is 2. The summed E-state index contributed by atoms with van der Waals surface area (Å²) in [6.45, 7) is 1.80. The maximum atomic E-state index is 10.5. The Labute approximate surface area is 106 Å². The molecule has 0 fully saturated rings. The van der Waals surface area contributed by atoms with Gasteiger partial charge in [-0.1, -0.05) is 6.07 Å². The third-order valence-corrected chi connectivity index (χ3v) is 2.26. The number of nitrogens with one attached hydrogen (secondary N) is 1. The van der Waals surface area contributed by atoms with Gasteiger partial charge in [0.25, 0.3) is 0 Å². The molecule has 0 aliphatic rings. The van der Waals surface area contributed by atoms with Crippen LogP contribution >= 0.6 is 0 Å². The quantitative estimate of drug-likeness (QED) is 0.610. The summed E-state index contributed by atoms with van der Waals surface area (Å²) in [6, 6.07) is 4.91. The number of nitrogens with zero attached hydrogens (tertiary/aromatic N) is 1. The van der Waals surface area contributed by atoms with Crippen molar-refractivity contribution in [3.63, 3.8) is 0 Å². The molecule has 2 amide bonds. The first kappa shape index (κ1) is 13.8. The molecule has 6 heteroatoms. The lowest BCUT2D eigenvalue weighted by Crippen LogP contribution is -2.25. The van der Waals surface area contributed by atoms with Crippen molar-refractivity contribution in [3.8, 4) is 11.5 Å². The normalized spacial score (nSPS) is 10.9. The van der Waals surface area contributed by atoms with E-state index in [9.17, 15) is 4.79 Å². The summed E-state index contributed by atoms with van der Waals surface area (Å²) in [6.07, 6.45) is 0.584. The van der Waals surface area contributed by atoms with Gasteiger partial charge in [-0.2, -0.15) is 5.10 Å². The monoisotopic (exact) mass is 251 g/mol. The number of amides is 2. The summed E-state index contributed by atoms with van der Waals surface area (Å²) in [5, 5.41) is 3.84. The van der Waals surface area contributed by atoms with E-state index in [2.05, 4.69) is 10.5 Å². The van der Waals surface area contributed by atoms with Crippen LogP contribution in [0.1, 0.15) is 12.5 Å². The lowest BCUT2D eigenvalue weighted by molar-refractivity contribution is 0.249. The predicted molar refractivity (Wildman–Crippen MR) is 69.1 cm³/mol. The Balaban J connectivity index is 2.79. The highest BCUT2D eigenvalue weighted by molar-refractivity contribution is 5.85. The van der Waals surface area contributed by atoms with Gasteiger partial charge in [0.1, 0.15) is 0 Å². The summed E-state index contributed by atoms with van der Waals surface area (Å²) < 4.78 is 10.3. The SMILES string of the molecule is COc1ccc(C/C(C)=N/NC(N)=O)cc1OC. The van der Waals surface area contributed by atoms with E-state index >= 15 is 0 Å². The molecule has 0 aliphatic carbocycles. The Kier molecular flexibility index (Phi) is 4.98. The molecule has 18 heavy (non-hydrogen) atoms. The van der Waals surface area contributed by atoms with Gasteiger partial charge in [-0.25, -0.2) is 10.2 Å². The van der Waals surface area contributed by atoms with Crippen LogP contribution in [0, 0.1) is 0 Å². The first-order chi connectivity index (χ1) is 8.56. The molecule has 0 heterocycles. The fourth-order valence-electron chi connectivity index (χ4n) is 1.48. The van der Waals surface area contributed by atoms with Gasteiger partial charge in [0, 0.05) is 12.1 Å². The lowest BCUT2D eigenvalue weighted by Gasteiger charge is -2.09. The van der Waals surface area contributed by atoms with Crippen molar-refractivity contribution in [2.24, 2.45) is 10.8 Å². The van der Waals surface area contributed by atoms with Crippen molar-refractivity contribution in [3.05, 3.63) is 23.8 Å². The molecule has 1 rings (SSSR count). The number of primary amides is 1. The highest BCUT2D eigenvalue weighted by atomic mass is 16.5. The van der Waals surface area contributed by atoms with Crippen molar-refractivity contribution in [1.29, 1.82) is 0 Å². The number of carbonyl (C=O) groups excluding carboxylic acids is 1. The molecular weight excluding hydrogens is 234 g/mol. The van der Waals surface area contributed by atoms with Gasteiger partial charge >= 0.3 is 6.03 Å². The third-order valence-electron chi connectivity index (χ3n) is 2.26. The number of hydrogen-bond donors (Lipinski definition) is 2. The van der Waals surface area contributed by atoms with Gasteiger partial charge < -0.3 is 15.2 Å². The number of methoxy groups -OCH3 is 2. The zero-order chi connectivity index (χ0) is 13.5. The number of hydrazone groups is 1. The van der Waals surface area contributed by atoms with E-state index in [1.807, 2.05) is 18.2 Å². The second kappa shape index (κ2) is 6.48. The van der Waals surface area contributed by atoms with Gasteiger partial charge in [0.05, 0.1) is 14.2 Å². The van der Waals surface area contributed by atoms with E-state index in [1.165, 1.54) is 0 Å². The topological polar surface area (TPSA) is 85.9 Å². The molecule has 0 unspecified atom stereocenters. The van der Waals surface area contributed by atoms with E-state index in [-0.39, 0.29) is 0 Å². The van der Waals surface area contributed by atoms with Gasteiger partial charge in [-0.05, 0) is 24.6 Å². The second-order valence-corrected chi connectivity index (χ2v) is 3.69. The molecule has 98 valence electrons. The van der Waals surface area contributed by atoms with Crippen LogP contribution in [-0.4, -0.2) is 26.0 Å². The first-order valence-corrected chi connectivity index (χ1v) is 5.36. The fraction of sp³-hybridized carbons (Fsp3) is 0.333. The Morgan fingerprint density at radius 2 is 2.00 bits per heavy atom. The fourth-order valence-corrected chi connectivity index (χ4v) is 1.48. The van der Waals surface area contributed by atoms with Gasteiger partial charge in [0.15, 0.2) is 11.5 Å². The predicted octanol–water partition coefficient (Wildman–Crippen LogP) is 1.29. The Bertz CT molecular complexity index is 458. The molecule has 0 spiro atoms. The average Bonchev–Trinajstić information content (AvgIpc) is 2.36. The van der Waals surface area contributed by atoms with Crippen LogP contribution in [0.4, 0.5) is 4.79 Å². The van der Waals surface area contributed by atoms with Crippen molar-refractivity contribution in [2.75, 3.05) is 14.2 Å². The molecule has 0 bridgehead atoms. The molecule has 0 aliphatic heterocycles. The summed E-state index contributed by atoms with van der Waals surface area (Å²) in [5.41, 5.74) is 8.85. The van der Waals surface area contributed by atoms with Gasteiger partial charge in [-0.15, -0.1) is 0 Å². The van der Waals surface area contributed by atoms with Gasteiger partial charge in [-0.3, -0.25) is 0 Å². The molecule has 0 atom stereocenters. The summed E-state index contributed by atoms with van der Waals surface area (Å²) >= 11 is 0. The minimum atomic E-state index is -0.679. The second-order valence-electron chi connectivity index (χ2n) is 3.69. The lowest BCUT2D eigenvalue weighted by atomic mass is 10.1. The number of benzene rings is 1. The molecule has 0 saturated heterocycles. The number of nitrogens with two attached hydrogens (primary N) is 1. The molecular formula is C12H17N3O3. The molecule has 0 saturated carbocycles. The Morgan fingerprint density at radius 1 is 1.33 bits per heavy atom. The standard InChI is InChI=1S/C12H17N3O3/c1-8(14-15-12(13)16)6-9-4-5-10(17-2)11(7-9)18-3/h4-5,7H,6H2,1-3H3,(H3,13,15,16)/b14-8+. The van der Waals surface area contributed by atoms with Crippen molar-refractivity contribution in [1.82, 2.24) is 5.43 Å². The van der Waals surface area contributed by atoms with Crippen molar-refractivity contribution in [2.45, 2.75) is 13.3 Å². The van der Waals surface area contributed by atoms with E-state index in [0.29, 0.717) is 17.9 Å². The smallest absolute Gasteiger partial charge is 0.332 e. The van der Waals surface area contributed by atoms with Crippen LogP contribution in [0.3, 0.4) is 0 Å². The number of urea groups is 1. The molecule has 1 aromatic carbocycles. The van der Waals surface area contributed by atoms with E-state index < -0.39 is 6.03 Å². The highest BCUT2D eigenvalue weighted by Crippen LogP contribution is 2.27. The average molecular weight is 251 g/mol. The molecule has 1 aromatic rings. The largest absolute Gasteiger partial charge is 0.493 e. The molecule has 0 aromatic heterocycles. The summed E-state index contributed by atoms with van der Waals surface area (Å²) in [4.78, 5) is 10.5. The van der Waals surface area contributed by atoms with E-state index in [4.69, 9.17) is 15.2 Å². The van der Waals surface area contributed by atoms with Crippen LogP contribution in [0.25, 0.3) is 0 Å². The molecule has 3 N–H and O–H groups in total. The molecule has 0 radical (unpaired) electrons. The maximum absolute atomic E-state index is 10.5. The van der Waals surface area contributed by atoms with Crippen LogP contribution in [0.2, 0.25) is 0 Å². The van der Waals surface area contributed by atoms with Crippen molar-refractivity contribution >= 4 is 11.7 Å². The van der Waals surface area contributed by atoms with Gasteiger partial charge in [0.2, 0.25) is 0 Å². The highest BCUT2D eigenvalue weighted by Gasteiger charge is 2.05. The van der Waals surface area contributed by atoms with E-state index in [0.717, 1.165) is 11.3 Å². The number of rotatable bonds is 5.